The summed E-state index contributed by atoms with van der Waals surface area (Å²) >= 11 is 0. The predicted molar refractivity (Wildman–Crippen MR) is 24.6 cm³/mol. The molecule has 0 aliphatic rings. The molecule has 9 heteroatoms. The molecule has 0 aromatic carbocycles. The van der Waals surface area contributed by atoms with Crippen molar-refractivity contribution in [3.05, 3.63) is 0 Å². The summed E-state index contributed by atoms with van der Waals surface area (Å²) in [7, 11) is 0. The number of hydrogen-bond donors (Lipinski definition) is 0. The van der Waals surface area contributed by atoms with Crippen molar-refractivity contribution >= 4 is 11.8 Å². The van der Waals surface area contributed by atoms with Gasteiger partial charge < -0.3 is 5.11 Å². The molecule has 0 aromatic heterocycles. The fourth-order valence-corrected chi connectivity index (χ4v) is 0.219. The molecule has 0 bridgehead atoms. The number of aliphatic imine (C=N–C) groups is 1. The highest BCUT2D eigenvalue weighted by Crippen LogP contribution is 2.19. The molecule has 0 saturated heterocycles. The molecular formula is C4F6NO2-. The predicted octanol–water partition coefficient (Wildman–Crippen LogP) is 0.396. The highest BCUT2D eigenvalue weighted by Gasteiger charge is 2.40. The van der Waals surface area contributed by atoms with Gasteiger partial charge in [0.05, 0.1) is 5.90 Å². The van der Waals surface area contributed by atoms with Crippen LogP contribution in [0.2, 0.25) is 0 Å². The van der Waals surface area contributed by atoms with E-state index in [0.29, 0.717) is 0 Å². The van der Waals surface area contributed by atoms with Crippen molar-refractivity contribution in [1.29, 1.82) is 0 Å². The molecule has 0 unspecified atom stereocenters. The summed E-state index contributed by atoms with van der Waals surface area (Å²) in [4.78, 5) is 11.0. The van der Waals surface area contributed by atoms with Crippen LogP contribution >= 0.6 is 0 Å². The first kappa shape index (κ1) is 11.7. The largest absolute Gasteiger partial charge is 0.855 e. The van der Waals surface area contributed by atoms with Gasteiger partial charge in [0.25, 0.3) is 0 Å². The molecule has 0 saturated carbocycles. The summed E-state index contributed by atoms with van der Waals surface area (Å²) in [6.45, 7) is 0. The van der Waals surface area contributed by atoms with Crippen LogP contribution in [0.3, 0.4) is 0 Å². The summed E-state index contributed by atoms with van der Waals surface area (Å²) < 4.78 is 67.4. The Labute approximate surface area is 66.7 Å². The molecule has 1 amide bonds. The number of carbonyl (C=O) groups is 1. The molecule has 0 radical (unpaired) electrons. The van der Waals surface area contributed by atoms with E-state index in [1.807, 2.05) is 0 Å². The lowest BCUT2D eigenvalue weighted by Gasteiger charge is -2.13. The fraction of sp³-hybridized carbons (Fsp3) is 0.500. The Balaban J connectivity index is 4.70. The van der Waals surface area contributed by atoms with Crippen molar-refractivity contribution in [1.82, 2.24) is 0 Å². The second-order valence-electron chi connectivity index (χ2n) is 1.72. The Morgan fingerprint density at radius 1 is 1.00 bits per heavy atom. The average Bonchev–Trinajstić information content (AvgIpc) is 1.82. The van der Waals surface area contributed by atoms with Gasteiger partial charge in [0.2, 0.25) is 0 Å². The maximum Gasteiger partial charge on any atom is 0.473 e. The summed E-state index contributed by atoms with van der Waals surface area (Å²) in [5.41, 5.74) is 0. The fourth-order valence-electron chi connectivity index (χ4n) is 0.219. The van der Waals surface area contributed by atoms with Crippen LogP contribution in [-0.4, -0.2) is 24.2 Å². The highest BCUT2D eigenvalue weighted by molar-refractivity contribution is 5.94. The van der Waals surface area contributed by atoms with Crippen molar-refractivity contribution in [2.75, 3.05) is 0 Å². The first-order valence-electron chi connectivity index (χ1n) is 2.49. The molecule has 0 fully saturated rings. The van der Waals surface area contributed by atoms with Crippen molar-refractivity contribution in [2.45, 2.75) is 12.4 Å². The smallest absolute Gasteiger partial charge is 0.473 e. The number of hydrogen-bond acceptors (Lipinski definition) is 2. The Kier molecular flexibility index (Phi) is 2.91. The maximum atomic E-state index is 11.2. The zero-order valence-electron chi connectivity index (χ0n) is 5.53. The molecule has 0 spiro atoms. The lowest BCUT2D eigenvalue weighted by molar-refractivity contribution is -0.263. The van der Waals surface area contributed by atoms with E-state index in [1.165, 1.54) is 4.99 Å². The van der Waals surface area contributed by atoms with Crippen LogP contribution in [0.1, 0.15) is 0 Å². The summed E-state index contributed by atoms with van der Waals surface area (Å²) in [5, 5.41) is 9.71. The highest BCUT2D eigenvalue weighted by atomic mass is 19.4. The number of amides is 1. The van der Waals surface area contributed by atoms with Gasteiger partial charge in [0.1, 0.15) is 0 Å². The standard InChI is InChI=1S/C4HF6NO2/c5-3(6,7)1(12)11-2(13)4(8,9)10/h(H,11,12,13)/p-1. The van der Waals surface area contributed by atoms with E-state index in [-0.39, 0.29) is 0 Å². The Hall–Kier alpha value is -1.28. The molecular weight excluding hydrogens is 208 g/mol. The molecule has 13 heavy (non-hydrogen) atoms. The minimum atomic E-state index is -5.57. The second-order valence-corrected chi connectivity index (χ2v) is 1.72. The van der Waals surface area contributed by atoms with E-state index in [0.717, 1.165) is 0 Å². The summed E-state index contributed by atoms with van der Waals surface area (Å²) in [6, 6.07) is 0. The minimum Gasteiger partial charge on any atom is -0.855 e. The van der Waals surface area contributed by atoms with E-state index < -0.39 is 24.2 Å². The lowest BCUT2D eigenvalue weighted by atomic mass is 10.5. The van der Waals surface area contributed by atoms with Gasteiger partial charge in [0, 0.05) is 0 Å². The van der Waals surface area contributed by atoms with E-state index in [4.69, 9.17) is 0 Å². The normalized spacial score (nSPS) is 14.5. The van der Waals surface area contributed by atoms with Crippen molar-refractivity contribution in [3.63, 3.8) is 0 Å². The number of carbonyl (C=O) groups excluding carboxylic acids is 1. The quantitative estimate of drug-likeness (QED) is 0.328. The van der Waals surface area contributed by atoms with Gasteiger partial charge in [-0.2, -0.15) is 26.3 Å². The molecule has 0 atom stereocenters. The Bertz CT molecular complexity index is 238. The topological polar surface area (TPSA) is 52.5 Å². The van der Waals surface area contributed by atoms with Crippen molar-refractivity contribution in [2.24, 2.45) is 4.99 Å². The lowest BCUT2D eigenvalue weighted by Crippen LogP contribution is -2.37. The molecule has 0 aliphatic carbocycles. The first-order valence-corrected chi connectivity index (χ1v) is 2.49. The zero-order valence-corrected chi connectivity index (χ0v) is 5.53. The van der Waals surface area contributed by atoms with Crippen molar-refractivity contribution in [3.8, 4) is 0 Å². The van der Waals surface area contributed by atoms with E-state index in [1.54, 1.807) is 0 Å². The number of halogens is 6. The van der Waals surface area contributed by atoms with Crippen LogP contribution in [0.4, 0.5) is 26.3 Å². The average molecular weight is 208 g/mol. The van der Waals surface area contributed by atoms with Crippen LogP contribution in [0.25, 0.3) is 0 Å². The van der Waals surface area contributed by atoms with Gasteiger partial charge in [-0.3, -0.25) is 4.79 Å². The summed E-state index contributed by atoms with van der Waals surface area (Å²) in [5.74, 6) is -6.15. The third kappa shape index (κ3) is 3.76. The molecule has 0 aromatic rings. The monoisotopic (exact) mass is 208 g/mol. The second kappa shape index (κ2) is 3.23. The maximum absolute atomic E-state index is 11.2. The van der Waals surface area contributed by atoms with Gasteiger partial charge in [-0.1, -0.05) is 0 Å². The molecule has 0 rings (SSSR count). The van der Waals surface area contributed by atoms with Gasteiger partial charge in [0.15, 0.2) is 0 Å². The van der Waals surface area contributed by atoms with Gasteiger partial charge in [-0.05, 0) is 0 Å². The molecule has 3 nitrogen and oxygen atoms in total. The van der Waals surface area contributed by atoms with Gasteiger partial charge in [-0.25, -0.2) is 4.99 Å². The van der Waals surface area contributed by atoms with Crippen LogP contribution < -0.4 is 5.11 Å². The van der Waals surface area contributed by atoms with E-state index >= 15 is 0 Å². The van der Waals surface area contributed by atoms with Crippen LogP contribution in [0, 0.1) is 0 Å². The number of alkyl halides is 6. The minimum absolute atomic E-state index is 1.29. The SMILES string of the molecule is O=C(N=C([O-])C(F)(F)F)C(F)(F)F. The summed E-state index contributed by atoms with van der Waals surface area (Å²) in [6.07, 6.45) is -11.1. The van der Waals surface area contributed by atoms with Crippen LogP contribution in [0.5, 0.6) is 0 Å². The van der Waals surface area contributed by atoms with Crippen LogP contribution in [-0.2, 0) is 4.79 Å². The van der Waals surface area contributed by atoms with Crippen molar-refractivity contribution < 1.29 is 36.2 Å². The number of rotatable bonds is 0. The van der Waals surface area contributed by atoms with Gasteiger partial charge in [-0.15, -0.1) is 0 Å². The molecule has 0 heterocycles. The third-order valence-electron chi connectivity index (χ3n) is 0.688. The Morgan fingerprint density at radius 3 is 1.62 bits per heavy atom. The van der Waals surface area contributed by atoms with E-state index in [2.05, 4.69) is 0 Å². The Morgan fingerprint density at radius 2 is 1.38 bits per heavy atom. The van der Waals surface area contributed by atoms with Crippen LogP contribution in [0.15, 0.2) is 4.99 Å². The van der Waals surface area contributed by atoms with Gasteiger partial charge >= 0.3 is 18.3 Å². The number of nitrogens with zero attached hydrogens (tertiary/aromatic N) is 1. The zero-order chi connectivity index (χ0) is 10.9. The first-order chi connectivity index (χ1) is 5.55. The van der Waals surface area contributed by atoms with E-state index in [9.17, 15) is 36.2 Å². The molecule has 0 aliphatic heterocycles. The molecule has 0 N–H and O–H groups in total. The third-order valence-corrected chi connectivity index (χ3v) is 0.688. The molecule has 76 valence electrons.